The molecule has 1 aliphatic heterocycles. The van der Waals surface area contributed by atoms with Crippen molar-refractivity contribution in [3.05, 3.63) is 28.8 Å². The summed E-state index contributed by atoms with van der Waals surface area (Å²) in [6, 6.07) is 0.0903. The largest absolute Gasteiger partial charge is 0.411 e. The number of aromatic nitrogens is 5. The highest BCUT2D eigenvalue weighted by molar-refractivity contribution is 9.10. The summed E-state index contributed by atoms with van der Waals surface area (Å²) in [7, 11) is 0. The highest BCUT2D eigenvalue weighted by Crippen LogP contribution is 2.35. The maximum Gasteiger partial charge on any atom is 0.165 e. The van der Waals surface area contributed by atoms with Crippen molar-refractivity contribution in [1.29, 1.82) is 0 Å². The van der Waals surface area contributed by atoms with E-state index < -0.39 is 0 Å². The maximum absolute atomic E-state index is 8.96. The van der Waals surface area contributed by atoms with Crippen molar-refractivity contribution >= 4 is 33.1 Å². The highest BCUT2D eigenvalue weighted by Gasteiger charge is 2.28. The van der Waals surface area contributed by atoms with Gasteiger partial charge in [0.2, 0.25) is 0 Å². The van der Waals surface area contributed by atoms with Gasteiger partial charge in [-0.2, -0.15) is 14.7 Å². The molecular formula is C16H19BrN8O. The van der Waals surface area contributed by atoms with Crippen LogP contribution in [-0.2, 0) is 0 Å². The molecule has 0 aliphatic carbocycles. The van der Waals surface area contributed by atoms with Crippen LogP contribution in [0.25, 0.3) is 16.8 Å². The third kappa shape index (κ3) is 2.74. The van der Waals surface area contributed by atoms with Gasteiger partial charge in [0.05, 0.1) is 28.3 Å². The average molecular weight is 419 g/mol. The van der Waals surface area contributed by atoms with Gasteiger partial charge >= 0.3 is 0 Å². The van der Waals surface area contributed by atoms with Gasteiger partial charge in [-0.1, -0.05) is 5.16 Å². The summed E-state index contributed by atoms with van der Waals surface area (Å²) in [5.74, 6) is 0.724. The Labute approximate surface area is 157 Å². The van der Waals surface area contributed by atoms with Crippen LogP contribution in [-0.4, -0.2) is 48.3 Å². The number of nitrogens with zero attached hydrogens (tertiary/aromatic N) is 5. The van der Waals surface area contributed by atoms with Gasteiger partial charge in [0.25, 0.3) is 0 Å². The number of piperidine rings is 1. The van der Waals surface area contributed by atoms with Crippen molar-refractivity contribution in [3.63, 3.8) is 0 Å². The third-order valence-corrected chi connectivity index (χ3v) is 5.73. The second-order valence-electron chi connectivity index (χ2n) is 6.45. The standard InChI is InChI=1S/C16H19BrN8O/c1-8(24-26)12-3-2-9(4-19-12)14-13(17)15(18)25-16(23-14)11(7-22-25)10-5-20-21-6-10/h5-7,9,12,19,26H,2-4,18H2,1H3,(H,20,21)/b24-8+/t9-,12-/m0/s1. The molecule has 0 bridgehead atoms. The number of oxime groups is 1. The minimum atomic E-state index is 0.0903. The Balaban J connectivity index is 1.72. The molecule has 10 heteroatoms. The predicted molar refractivity (Wildman–Crippen MR) is 101 cm³/mol. The van der Waals surface area contributed by atoms with E-state index in [0.717, 1.165) is 40.7 Å². The topological polar surface area (TPSA) is 130 Å². The lowest BCUT2D eigenvalue weighted by molar-refractivity contribution is 0.311. The third-order valence-electron chi connectivity index (χ3n) is 4.92. The average Bonchev–Trinajstić information content (AvgIpc) is 3.33. The molecule has 0 radical (unpaired) electrons. The predicted octanol–water partition coefficient (Wildman–Crippen LogP) is 2.15. The summed E-state index contributed by atoms with van der Waals surface area (Å²) in [5, 5.41) is 26.9. The Morgan fingerprint density at radius 1 is 1.42 bits per heavy atom. The van der Waals surface area contributed by atoms with Crippen LogP contribution in [0.3, 0.4) is 0 Å². The van der Waals surface area contributed by atoms with Crippen molar-refractivity contribution in [2.24, 2.45) is 5.16 Å². The van der Waals surface area contributed by atoms with Crippen molar-refractivity contribution in [2.75, 3.05) is 12.3 Å². The van der Waals surface area contributed by atoms with Crippen LogP contribution >= 0.6 is 15.9 Å². The van der Waals surface area contributed by atoms with E-state index in [2.05, 4.69) is 41.7 Å². The second kappa shape index (κ2) is 6.69. The molecule has 4 heterocycles. The lowest BCUT2D eigenvalue weighted by Gasteiger charge is -2.29. The molecule has 2 atom stereocenters. The van der Waals surface area contributed by atoms with Gasteiger partial charge in [-0.05, 0) is 35.7 Å². The van der Waals surface area contributed by atoms with Gasteiger partial charge in [-0.25, -0.2) is 4.98 Å². The first-order valence-electron chi connectivity index (χ1n) is 8.33. The molecule has 0 saturated carbocycles. The summed E-state index contributed by atoms with van der Waals surface area (Å²) in [5.41, 5.74) is 10.4. The molecule has 136 valence electrons. The van der Waals surface area contributed by atoms with Crippen LogP contribution in [0.15, 0.2) is 28.2 Å². The molecule has 0 spiro atoms. The van der Waals surface area contributed by atoms with Crippen molar-refractivity contribution < 1.29 is 5.21 Å². The molecule has 9 nitrogen and oxygen atoms in total. The smallest absolute Gasteiger partial charge is 0.165 e. The molecule has 1 fully saturated rings. The fraction of sp³-hybridized carbons (Fsp3) is 0.375. The Bertz CT molecular complexity index is 956. The molecule has 0 amide bonds. The zero-order valence-electron chi connectivity index (χ0n) is 14.1. The van der Waals surface area contributed by atoms with E-state index >= 15 is 0 Å². The molecule has 4 rings (SSSR count). The van der Waals surface area contributed by atoms with E-state index in [1.54, 1.807) is 23.1 Å². The summed E-state index contributed by atoms with van der Waals surface area (Å²) in [6.07, 6.45) is 7.07. The van der Waals surface area contributed by atoms with Crippen LogP contribution < -0.4 is 11.1 Å². The number of H-pyrrole nitrogens is 1. The zero-order chi connectivity index (χ0) is 18.3. The first kappa shape index (κ1) is 17.0. The Morgan fingerprint density at radius 2 is 2.27 bits per heavy atom. The monoisotopic (exact) mass is 418 g/mol. The van der Waals surface area contributed by atoms with Crippen molar-refractivity contribution in [3.8, 4) is 11.1 Å². The summed E-state index contributed by atoms with van der Waals surface area (Å²) in [6.45, 7) is 2.55. The maximum atomic E-state index is 8.96. The zero-order valence-corrected chi connectivity index (χ0v) is 15.7. The van der Waals surface area contributed by atoms with E-state index in [0.29, 0.717) is 17.2 Å². The Kier molecular flexibility index (Phi) is 4.37. The lowest BCUT2D eigenvalue weighted by atomic mass is 9.90. The van der Waals surface area contributed by atoms with E-state index in [1.807, 2.05) is 6.92 Å². The number of rotatable bonds is 3. The number of hydrogen-bond acceptors (Lipinski definition) is 7. The van der Waals surface area contributed by atoms with Gasteiger partial charge in [0, 0.05) is 35.8 Å². The van der Waals surface area contributed by atoms with Gasteiger partial charge in [0.15, 0.2) is 5.65 Å². The van der Waals surface area contributed by atoms with Gasteiger partial charge in [-0.15, -0.1) is 0 Å². The van der Waals surface area contributed by atoms with E-state index in [9.17, 15) is 0 Å². The second-order valence-corrected chi connectivity index (χ2v) is 7.25. The van der Waals surface area contributed by atoms with Crippen LogP contribution in [0.1, 0.15) is 31.4 Å². The van der Waals surface area contributed by atoms with Crippen LogP contribution in [0.2, 0.25) is 0 Å². The molecular weight excluding hydrogens is 400 g/mol. The molecule has 3 aromatic heterocycles. The molecule has 5 N–H and O–H groups in total. The number of halogens is 1. The fourth-order valence-corrected chi connectivity index (χ4v) is 3.98. The minimum absolute atomic E-state index is 0.0903. The van der Waals surface area contributed by atoms with Crippen LogP contribution in [0, 0.1) is 0 Å². The summed E-state index contributed by atoms with van der Waals surface area (Å²) in [4.78, 5) is 4.88. The number of aromatic amines is 1. The number of nitrogens with two attached hydrogens (primary N) is 1. The van der Waals surface area contributed by atoms with Gasteiger partial charge in [-0.3, -0.25) is 5.10 Å². The molecule has 1 saturated heterocycles. The number of nitrogens with one attached hydrogen (secondary N) is 2. The van der Waals surface area contributed by atoms with E-state index in [-0.39, 0.29) is 12.0 Å². The van der Waals surface area contributed by atoms with E-state index in [4.69, 9.17) is 15.9 Å². The van der Waals surface area contributed by atoms with Crippen LogP contribution in [0.5, 0.6) is 0 Å². The van der Waals surface area contributed by atoms with Crippen molar-refractivity contribution in [2.45, 2.75) is 31.7 Å². The molecule has 0 unspecified atom stereocenters. The Morgan fingerprint density at radius 3 is 2.92 bits per heavy atom. The molecule has 26 heavy (non-hydrogen) atoms. The first-order valence-corrected chi connectivity index (χ1v) is 9.13. The quantitative estimate of drug-likeness (QED) is 0.293. The first-order chi connectivity index (χ1) is 12.6. The summed E-state index contributed by atoms with van der Waals surface area (Å²) < 4.78 is 2.40. The Hall–Kier alpha value is -2.46. The normalized spacial score (nSPS) is 21.4. The number of fused-ring (bicyclic) bond motifs is 1. The fourth-order valence-electron chi connectivity index (χ4n) is 3.40. The summed E-state index contributed by atoms with van der Waals surface area (Å²) >= 11 is 3.59. The SMILES string of the molecule is C/C(=N\O)[C@@H]1CC[C@H](c2nc3c(-c4cn[nH]c4)cnn3c(N)c2Br)CN1. The van der Waals surface area contributed by atoms with Gasteiger partial charge in [0.1, 0.15) is 5.82 Å². The molecule has 3 aromatic rings. The van der Waals surface area contributed by atoms with E-state index in [1.165, 1.54) is 0 Å². The number of nitrogen functional groups attached to an aromatic ring is 1. The van der Waals surface area contributed by atoms with Gasteiger partial charge < -0.3 is 16.3 Å². The number of anilines is 1. The minimum Gasteiger partial charge on any atom is -0.411 e. The highest BCUT2D eigenvalue weighted by atomic mass is 79.9. The van der Waals surface area contributed by atoms with Crippen LogP contribution in [0.4, 0.5) is 5.82 Å². The molecule has 0 aromatic carbocycles. The van der Waals surface area contributed by atoms with Crippen molar-refractivity contribution in [1.82, 2.24) is 30.1 Å². The molecule has 1 aliphatic rings. The number of hydrogen-bond donors (Lipinski definition) is 4. The lowest BCUT2D eigenvalue weighted by Crippen LogP contribution is -2.42.